The number of benzene rings is 1. The van der Waals surface area contributed by atoms with Crippen LogP contribution in [0.25, 0.3) is 0 Å². The Balaban J connectivity index is 3.00. The van der Waals surface area contributed by atoms with Crippen LogP contribution < -0.4 is 0 Å². The van der Waals surface area contributed by atoms with Crippen LogP contribution in [0.15, 0.2) is 18.2 Å². The lowest BCUT2D eigenvalue weighted by Gasteiger charge is -2.23. The second-order valence-corrected chi connectivity index (χ2v) is 8.44. The first-order valence-corrected chi connectivity index (χ1v) is 7.43. The van der Waals surface area contributed by atoms with E-state index in [0.717, 1.165) is 12.8 Å². The third kappa shape index (κ3) is 5.41. The molecule has 1 aromatic carbocycles. The predicted octanol–water partition coefficient (Wildman–Crippen LogP) is 5.47. The van der Waals surface area contributed by atoms with E-state index >= 15 is 0 Å². The zero-order valence-corrected chi connectivity index (χ0v) is 14.2. The van der Waals surface area contributed by atoms with Gasteiger partial charge in [-0.05, 0) is 57.4 Å². The van der Waals surface area contributed by atoms with E-state index in [0.29, 0.717) is 10.8 Å². The van der Waals surface area contributed by atoms with Crippen LogP contribution in [0.3, 0.4) is 0 Å². The van der Waals surface area contributed by atoms with Crippen LogP contribution in [-0.4, -0.2) is 0 Å². The van der Waals surface area contributed by atoms with Crippen molar-refractivity contribution in [3.63, 3.8) is 0 Å². The Morgan fingerprint density at radius 3 is 1.47 bits per heavy atom. The van der Waals surface area contributed by atoms with Gasteiger partial charge in [-0.2, -0.15) is 0 Å². The molecule has 0 bridgehead atoms. The molecule has 0 amide bonds. The second kappa shape index (κ2) is 5.29. The lowest BCUT2D eigenvalue weighted by Crippen LogP contribution is -2.14. The standard InChI is InChI=1S/C16H25I/c1-15(2,3)10-12-8-7-9-13(14(12)17)11-16(4,5)6/h7-9H,10-11H2,1-6H3. The minimum atomic E-state index is 0.361. The van der Waals surface area contributed by atoms with Crippen LogP contribution in [0, 0.1) is 14.4 Å². The highest BCUT2D eigenvalue weighted by Crippen LogP contribution is 2.29. The SMILES string of the molecule is CC(C)(C)Cc1cccc(CC(C)(C)C)c1I. The molecule has 0 aromatic heterocycles. The first-order chi connectivity index (χ1) is 7.58. The molecule has 0 aliphatic heterocycles. The van der Waals surface area contributed by atoms with Gasteiger partial charge in [0.25, 0.3) is 0 Å². The van der Waals surface area contributed by atoms with Crippen molar-refractivity contribution in [3.05, 3.63) is 32.9 Å². The van der Waals surface area contributed by atoms with Crippen LogP contribution in [-0.2, 0) is 12.8 Å². The van der Waals surface area contributed by atoms with E-state index in [4.69, 9.17) is 0 Å². The number of rotatable bonds is 2. The van der Waals surface area contributed by atoms with Gasteiger partial charge in [0.05, 0.1) is 0 Å². The number of hydrogen-bond acceptors (Lipinski definition) is 0. The van der Waals surface area contributed by atoms with Crippen LogP contribution >= 0.6 is 22.6 Å². The number of hydrogen-bond donors (Lipinski definition) is 0. The molecular formula is C16H25I. The Labute approximate surface area is 120 Å². The van der Waals surface area contributed by atoms with Crippen molar-refractivity contribution in [2.45, 2.75) is 54.4 Å². The summed E-state index contributed by atoms with van der Waals surface area (Å²) in [5.74, 6) is 0. The maximum Gasteiger partial charge on any atom is 0.0194 e. The third-order valence-corrected chi connectivity index (χ3v) is 3.99. The summed E-state index contributed by atoms with van der Waals surface area (Å²) in [6.07, 6.45) is 2.31. The summed E-state index contributed by atoms with van der Waals surface area (Å²) in [6.45, 7) is 13.8. The maximum atomic E-state index is 2.52. The van der Waals surface area contributed by atoms with E-state index in [9.17, 15) is 0 Å². The fourth-order valence-electron chi connectivity index (χ4n) is 2.05. The molecule has 0 nitrogen and oxygen atoms in total. The molecule has 0 aliphatic carbocycles. The lowest BCUT2D eigenvalue weighted by molar-refractivity contribution is 0.404. The molecule has 0 unspecified atom stereocenters. The molecule has 0 N–H and O–H groups in total. The molecule has 1 aromatic rings. The van der Waals surface area contributed by atoms with Crippen LogP contribution in [0.1, 0.15) is 52.7 Å². The van der Waals surface area contributed by atoms with Gasteiger partial charge in [0.2, 0.25) is 0 Å². The summed E-state index contributed by atoms with van der Waals surface area (Å²) in [5, 5.41) is 0. The molecule has 1 rings (SSSR count). The van der Waals surface area contributed by atoms with Gasteiger partial charge in [-0.1, -0.05) is 59.7 Å². The van der Waals surface area contributed by atoms with Crippen LogP contribution in [0.2, 0.25) is 0 Å². The van der Waals surface area contributed by atoms with Crippen molar-refractivity contribution in [1.29, 1.82) is 0 Å². The summed E-state index contributed by atoms with van der Waals surface area (Å²) < 4.78 is 1.47. The highest BCUT2D eigenvalue weighted by atomic mass is 127. The minimum absolute atomic E-state index is 0.361. The van der Waals surface area contributed by atoms with E-state index in [1.807, 2.05) is 0 Å². The fraction of sp³-hybridized carbons (Fsp3) is 0.625. The van der Waals surface area contributed by atoms with Crippen molar-refractivity contribution in [2.24, 2.45) is 10.8 Å². The van der Waals surface area contributed by atoms with Gasteiger partial charge in [0.1, 0.15) is 0 Å². The van der Waals surface area contributed by atoms with E-state index in [1.54, 1.807) is 0 Å². The predicted molar refractivity (Wildman–Crippen MR) is 85.5 cm³/mol. The van der Waals surface area contributed by atoms with Gasteiger partial charge < -0.3 is 0 Å². The second-order valence-electron chi connectivity index (χ2n) is 7.37. The summed E-state index contributed by atoms with van der Waals surface area (Å²) in [7, 11) is 0. The molecule has 0 aliphatic rings. The van der Waals surface area contributed by atoms with E-state index in [1.165, 1.54) is 14.7 Å². The summed E-state index contributed by atoms with van der Waals surface area (Å²) in [4.78, 5) is 0. The first-order valence-electron chi connectivity index (χ1n) is 6.35. The first kappa shape index (κ1) is 15.0. The maximum absolute atomic E-state index is 2.52. The van der Waals surface area contributed by atoms with Crippen LogP contribution in [0.4, 0.5) is 0 Å². The molecule has 0 saturated carbocycles. The Bertz CT molecular complexity index is 343. The monoisotopic (exact) mass is 344 g/mol. The van der Waals surface area contributed by atoms with Gasteiger partial charge in [-0.15, -0.1) is 0 Å². The smallest absolute Gasteiger partial charge is 0.0194 e. The van der Waals surface area contributed by atoms with Gasteiger partial charge >= 0.3 is 0 Å². The average Bonchev–Trinajstić information content (AvgIpc) is 2.07. The Kier molecular flexibility index (Phi) is 4.67. The van der Waals surface area contributed by atoms with Crippen molar-refractivity contribution in [1.82, 2.24) is 0 Å². The minimum Gasteiger partial charge on any atom is -0.0616 e. The highest BCUT2D eigenvalue weighted by Gasteiger charge is 2.17. The molecule has 96 valence electrons. The molecule has 0 fully saturated rings. The Morgan fingerprint density at radius 1 is 0.824 bits per heavy atom. The molecular weight excluding hydrogens is 319 g/mol. The molecule has 0 atom stereocenters. The summed E-state index contributed by atoms with van der Waals surface area (Å²) in [6, 6.07) is 6.77. The van der Waals surface area contributed by atoms with E-state index in [-0.39, 0.29) is 0 Å². The van der Waals surface area contributed by atoms with Gasteiger partial charge in [-0.25, -0.2) is 0 Å². The molecule has 0 saturated heterocycles. The lowest BCUT2D eigenvalue weighted by atomic mass is 9.85. The molecule has 17 heavy (non-hydrogen) atoms. The van der Waals surface area contributed by atoms with Gasteiger partial charge in [-0.3, -0.25) is 0 Å². The normalized spacial score (nSPS) is 12.9. The zero-order chi connectivity index (χ0) is 13.3. The summed E-state index contributed by atoms with van der Waals surface area (Å²) in [5.41, 5.74) is 3.72. The van der Waals surface area contributed by atoms with Crippen molar-refractivity contribution < 1.29 is 0 Å². The van der Waals surface area contributed by atoms with E-state index in [2.05, 4.69) is 82.3 Å². The quantitative estimate of drug-likeness (QED) is 0.624. The Hall–Kier alpha value is -0.0500. The zero-order valence-electron chi connectivity index (χ0n) is 12.0. The average molecular weight is 344 g/mol. The summed E-state index contributed by atoms with van der Waals surface area (Å²) >= 11 is 2.52. The Morgan fingerprint density at radius 2 is 1.18 bits per heavy atom. The van der Waals surface area contributed by atoms with Gasteiger partial charge in [0.15, 0.2) is 0 Å². The topological polar surface area (TPSA) is 0 Å². The fourth-order valence-corrected chi connectivity index (χ4v) is 2.79. The third-order valence-electron chi connectivity index (χ3n) is 2.60. The molecule has 0 radical (unpaired) electrons. The van der Waals surface area contributed by atoms with Gasteiger partial charge in [0, 0.05) is 3.57 Å². The van der Waals surface area contributed by atoms with E-state index < -0.39 is 0 Å². The van der Waals surface area contributed by atoms with Crippen LogP contribution in [0.5, 0.6) is 0 Å². The van der Waals surface area contributed by atoms with Crippen molar-refractivity contribution in [2.75, 3.05) is 0 Å². The largest absolute Gasteiger partial charge is 0.0616 e. The highest BCUT2D eigenvalue weighted by molar-refractivity contribution is 14.1. The van der Waals surface area contributed by atoms with Crippen molar-refractivity contribution in [3.8, 4) is 0 Å². The molecule has 0 heterocycles. The molecule has 1 heteroatoms. The number of halogens is 1. The molecule has 0 spiro atoms. The van der Waals surface area contributed by atoms with Crippen molar-refractivity contribution >= 4 is 22.6 Å².